The van der Waals surface area contributed by atoms with Crippen molar-refractivity contribution < 1.29 is 52.5 Å². The van der Waals surface area contributed by atoms with Gasteiger partial charge in [0.25, 0.3) is 0 Å². The molecule has 2 aliphatic carbocycles. The van der Waals surface area contributed by atoms with Gasteiger partial charge in [-0.1, -0.05) is 26.0 Å². The number of esters is 2. The van der Waals surface area contributed by atoms with Crippen LogP contribution in [0.25, 0.3) is 0 Å². The molecule has 0 saturated heterocycles. The molecule has 7 rings (SSSR count). The van der Waals surface area contributed by atoms with Crippen molar-refractivity contribution in [1.82, 2.24) is 9.80 Å². The summed E-state index contributed by atoms with van der Waals surface area (Å²) in [7, 11) is 0. The Morgan fingerprint density at radius 2 is 1.09 bits per heavy atom. The first-order chi connectivity index (χ1) is 27.2. The van der Waals surface area contributed by atoms with E-state index in [1.807, 2.05) is 13.8 Å². The van der Waals surface area contributed by atoms with E-state index in [0.29, 0.717) is 28.9 Å². The normalized spacial score (nSPS) is 20.8. The molecule has 58 heavy (non-hydrogen) atoms. The van der Waals surface area contributed by atoms with Crippen LogP contribution in [0.1, 0.15) is 113 Å². The first-order valence-electron chi connectivity index (χ1n) is 20.0. The van der Waals surface area contributed by atoms with Gasteiger partial charge in [0, 0.05) is 40.8 Å². The molecular formula is C45H52N2O11. The van der Waals surface area contributed by atoms with Crippen LogP contribution in [0.5, 0.6) is 11.5 Å². The number of hydrogen-bond donors (Lipinski definition) is 0. The van der Waals surface area contributed by atoms with E-state index in [0.717, 1.165) is 48.0 Å². The molecule has 3 heterocycles. The first-order valence-corrected chi connectivity index (χ1v) is 20.0. The predicted molar refractivity (Wildman–Crippen MR) is 211 cm³/mol. The van der Waals surface area contributed by atoms with E-state index in [-0.39, 0.29) is 18.7 Å². The minimum atomic E-state index is -0.981. The van der Waals surface area contributed by atoms with Crippen LogP contribution in [0.4, 0.5) is 9.59 Å². The number of carbonyl (C=O) groups excluding carboxylic acids is 6. The summed E-state index contributed by atoms with van der Waals surface area (Å²) >= 11 is 0. The Labute approximate surface area is 338 Å². The Morgan fingerprint density at radius 1 is 0.638 bits per heavy atom. The van der Waals surface area contributed by atoms with Crippen LogP contribution in [0, 0.1) is 11.8 Å². The maximum atomic E-state index is 13.4. The highest BCUT2D eigenvalue weighted by atomic mass is 16.6. The second-order valence-corrected chi connectivity index (χ2v) is 18.3. The third-order valence-corrected chi connectivity index (χ3v) is 10.9. The summed E-state index contributed by atoms with van der Waals surface area (Å²) in [5, 5.41) is 0. The number of ketones is 2. The molecule has 1 unspecified atom stereocenters. The molecule has 2 atom stereocenters. The quantitative estimate of drug-likeness (QED) is 0.102. The third kappa shape index (κ3) is 8.83. The molecule has 0 aromatic heterocycles. The Kier molecular flexibility index (Phi) is 10.6. The molecule has 0 N–H and O–H groups in total. The fourth-order valence-electron chi connectivity index (χ4n) is 7.56. The summed E-state index contributed by atoms with van der Waals surface area (Å²) in [5.41, 5.74) is 1.93. The lowest BCUT2D eigenvalue weighted by Gasteiger charge is -2.35. The van der Waals surface area contributed by atoms with E-state index in [2.05, 4.69) is 0 Å². The average molecular weight is 797 g/mol. The van der Waals surface area contributed by atoms with Crippen LogP contribution in [0.15, 0.2) is 59.7 Å². The number of nitrogens with zero attached hydrogens (tertiary/aromatic N) is 2. The second-order valence-electron chi connectivity index (χ2n) is 18.3. The number of rotatable bonds is 10. The zero-order valence-electron chi connectivity index (χ0n) is 34.5. The molecule has 13 nitrogen and oxygen atoms in total. The summed E-state index contributed by atoms with van der Waals surface area (Å²) in [4.78, 5) is 82.0. The van der Waals surface area contributed by atoms with Gasteiger partial charge in [0.05, 0.1) is 0 Å². The van der Waals surface area contributed by atoms with Crippen molar-refractivity contribution in [2.45, 2.75) is 110 Å². The lowest BCUT2D eigenvalue weighted by molar-refractivity contribution is -0.146. The molecule has 2 aromatic carbocycles. The number of hydrogen-bond acceptors (Lipinski definition) is 11. The Bertz CT molecular complexity index is 2130. The third-order valence-electron chi connectivity index (χ3n) is 10.9. The number of benzene rings is 2. The van der Waals surface area contributed by atoms with Crippen LogP contribution >= 0.6 is 0 Å². The van der Waals surface area contributed by atoms with Crippen molar-refractivity contribution >= 4 is 35.7 Å². The minimum absolute atomic E-state index is 0.274. The number of carbonyl (C=O) groups is 6. The summed E-state index contributed by atoms with van der Waals surface area (Å²) in [6.07, 6.45) is 6.31. The highest BCUT2D eigenvalue weighted by Gasteiger charge is 2.43. The number of ether oxygens (including phenoxy) is 5. The molecule has 13 heteroatoms. The molecule has 3 aliphatic heterocycles. The zero-order chi connectivity index (χ0) is 41.9. The molecule has 0 spiro atoms. The summed E-state index contributed by atoms with van der Waals surface area (Å²) in [6.45, 7) is 14.0. The largest absolute Gasteiger partial charge is 0.457 e. The van der Waals surface area contributed by atoms with Gasteiger partial charge in [0.15, 0.2) is 36.9 Å². The number of amides is 2. The maximum Gasteiger partial charge on any atom is 0.411 e. The Balaban J connectivity index is 0.984. The molecule has 5 aliphatic rings. The van der Waals surface area contributed by atoms with Crippen molar-refractivity contribution in [3.63, 3.8) is 0 Å². The summed E-state index contributed by atoms with van der Waals surface area (Å²) < 4.78 is 28.3. The summed E-state index contributed by atoms with van der Waals surface area (Å²) in [6, 6.07) is 8.03. The van der Waals surface area contributed by atoms with Gasteiger partial charge in [-0.15, -0.1) is 0 Å². The van der Waals surface area contributed by atoms with E-state index < -0.39 is 77.6 Å². The molecule has 2 saturated carbocycles. The van der Waals surface area contributed by atoms with Crippen LogP contribution in [0.3, 0.4) is 0 Å². The van der Waals surface area contributed by atoms with Gasteiger partial charge in [-0.3, -0.25) is 19.4 Å². The predicted octanol–water partition coefficient (Wildman–Crippen LogP) is 7.48. The molecule has 2 fully saturated rings. The SMILES string of the molecule is CC(C)(C)OC(=O)N1CC(C2CC2)=CC1C(=O)OCC(=O)c1ccc2c(c1)Oc1ccc(C(=O)COC(=O)[C@@H]3C=C(C4CC4)CN3C(=O)OC(C)(C)C)cc1C2(C)C. The monoisotopic (exact) mass is 796 g/mol. The van der Waals surface area contributed by atoms with Crippen molar-refractivity contribution in [2.24, 2.45) is 11.8 Å². The van der Waals surface area contributed by atoms with Crippen LogP contribution < -0.4 is 4.74 Å². The molecule has 2 amide bonds. The fraction of sp³-hybridized carbons (Fsp3) is 0.511. The molecule has 0 bridgehead atoms. The fourth-order valence-corrected chi connectivity index (χ4v) is 7.56. The lowest BCUT2D eigenvalue weighted by atomic mass is 9.75. The standard InChI is InChI=1S/C45H52N2O11/c1-43(2,3)57-41(52)46-21-29(25-9-10-25)18-33(46)39(50)54-23-35(48)27-14-16-37-32(17-27)45(7,8)31-15-13-28(20-38(31)56-37)36(49)24-55-40(51)34-19-30(26-11-12-26)22-47(34)42(53)58-44(4,5)6/h13-20,25-26,33-34H,9-12,21-24H2,1-8H3/t33-,34?/m0/s1. The van der Waals surface area contributed by atoms with Crippen LogP contribution in [-0.2, 0) is 34.0 Å². The van der Waals surface area contributed by atoms with Gasteiger partial charge < -0.3 is 23.7 Å². The van der Waals surface area contributed by atoms with E-state index in [4.69, 9.17) is 23.7 Å². The molecule has 0 radical (unpaired) electrons. The summed E-state index contributed by atoms with van der Waals surface area (Å²) in [5.74, 6) is -0.674. The van der Waals surface area contributed by atoms with Gasteiger partial charge >= 0.3 is 24.1 Å². The smallest absolute Gasteiger partial charge is 0.411 e. The maximum absolute atomic E-state index is 13.4. The van der Waals surface area contributed by atoms with Gasteiger partial charge in [0.2, 0.25) is 0 Å². The van der Waals surface area contributed by atoms with Crippen LogP contribution in [0.2, 0.25) is 0 Å². The van der Waals surface area contributed by atoms with Gasteiger partial charge in [-0.05, 0) is 127 Å². The van der Waals surface area contributed by atoms with Crippen LogP contribution in [-0.4, -0.2) is 95.1 Å². The van der Waals surface area contributed by atoms with Gasteiger partial charge in [-0.25, -0.2) is 19.2 Å². The topological polar surface area (TPSA) is 155 Å². The number of Topliss-reactive ketones (excluding diaryl/α,β-unsaturated/α-hetero) is 2. The van der Waals surface area contributed by atoms with Gasteiger partial charge in [-0.2, -0.15) is 0 Å². The van der Waals surface area contributed by atoms with Crippen molar-refractivity contribution in [3.05, 3.63) is 82.0 Å². The highest BCUT2D eigenvalue weighted by Crippen LogP contribution is 2.48. The lowest BCUT2D eigenvalue weighted by Crippen LogP contribution is -2.44. The molecule has 308 valence electrons. The second kappa shape index (κ2) is 15.0. The van der Waals surface area contributed by atoms with E-state index >= 15 is 0 Å². The first kappa shape index (κ1) is 40.7. The van der Waals surface area contributed by atoms with E-state index in [9.17, 15) is 28.8 Å². The zero-order valence-corrected chi connectivity index (χ0v) is 34.5. The minimum Gasteiger partial charge on any atom is -0.457 e. The van der Waals surface area contributed by atoms with Crippen molar-refractivity contribution in [2.75, 3.05) is 26.3 Å². The molecule has 2 aromatic rings. The number of fused-ring (bicyclic) bond motifs is 2. The van der Waals surface area contributed by atoms with Crippen molar-refractivity contribution in [1.29, 1.82) is 0 Å². The van der Waals surface area contributed by atoms with Crippen molar-refractivity contribution in [3.8, 4) is 11.5 Å². The van der Waals surface area contributed by atoms with E-state index in [1.54, 1.807) is 90.1 Å². The Hall–Kier alpha value is -5.46. The Morgan fingerprint density at radius 3 is 1.53 bits per heavy atom. The van der Waals surface area contributed by atoms with E-state index in [1.165, 1.54) is 9.80 Å². The average Bonchev–Trinajstić information content (AvgIpc) is 4.08. The molecular weight excluding hydrogens is 744 g/mol. The highest BCUT2D eigenvalue weighted by molar-refractivity contribution is 6.00. The van der Waals surface area contributed by atoms with Gasteiger partial charge in [0.1, 0.15) is 22.7 Å².